The first-order chi connectivity index (χ1) is 9.68. The third-order valence-electron chi connectivity index (χ3n) is 2.83. The summed E-state index contributed by atoms with van der Waals surface area (Å²) in [7, 11) is 0. The van der Waals surface area contributed by atoms with Gasteiger partial charge >= 0.3 is 0 Å². The minimum atomic E-state index is -0.117. The molecule has 0 saturated heterocycles. The first kappa shape index (κ1) is 14.3. The first-order valence-electron chi connectivity index (χ1n) is 6.34. The fourth-order valence-corrected chi connectivity index (χ4v) is 2.41. The van der Waals surface area contributed by atoms with E-state index in [0.717, 1.165) is 5.56 Å². The van der Waals surface area contributed by atoms with E-state index in [9.17, 15) is 9.59 Å². The van der Waals surface area contributed by atoms with Gasteiger partial charge in [0.1, 0.15) is 0 Å². The number of thiophene rings is 1. The third kappa shape index (κ3) is 3.68. The average molecular weight is 288 g/mol. The number of benzene rings is 1. The molecular weight excluding hydrogens is 272 g/mol. The van der Waals surface area contributed by atoms with Crippen LogP contribution in [0.5, 0.6) is 0 Å². The SMILES string of the molecule is Cc1ccccc1C(=O)NCCNC(=O)c1cccs1. The van der Waals surface area contributed by atoms with Crippen molar-refractivity contribution >= 4 is 23.2 Å². The van der Waals surface area contributed by atoms with Crippen LogP contribution in [0.25, 0.3) is 0 Å². The predicted octanol–water partition coefficient (Wildman–Crippen LogP) is 2.22. The largest absolute Gasteiger partial charge is 0.350 e. The first-order valence-corrected chi connectivity index (χ1v) is 7.22. The van der Waals surface area contributed by atoms with Gasteiger partial charge in [0.15, 0.2) is 0 Å². The Hall–Kier alpha value is -2.14. The predicted molar refractivity (Wildman–Crippen MR) is 80.2 cm³/mol. The summed E-state index contributed by atoms with van der Waals surface area (Å²) >= 11 is 1.39. The molecule has 0 radical (unpaired) electrons. The van der Waals surface area contributed by atoms with E-state index < -0.39 is 0 Å². The molecule has 0 spiro atoms. The van der Waals surface area contributed by atoms with Crippen LogP contribution in [0.15, 0.2) is 41.8 Å². The van der Waals surface area contributed by atoms with Crippen LogP contribution in [0, 0.1) is 6.92 Å². The van der Waals surface area contributed by atoms with E-state index in [1.54, 1.807) is 12.1 Å². The molecule has 2 amide bonds. The van der Waals surface area contributed by atoms with E-state index in [-0.39, 0.29) is 11.8 Å². The van der Waals surface area contributed by atoms with Gasteiger partial charge in [0.05, 0.1) is 4.88 Å². The van der Waals surface area contributed by atoms with E-state index >= 15 is 0 Å². The second-order valence-electron chi connectivity index (χ2n) is 4.30. The van der Waals surface area contributed by atoms with Gasteiger partial charge in [0.2, 0.25) is 0 Å². The average Bonchev–Trinajstić information content (AvgIpc) is 2.98. The normalized spacial score (nSPS) is 10.1. The summed E-state index contributed by atoms with van der Waals surface area (Å²) in [6, 6.07) is 11.0. The Morgan fingerprint density at radius 1 is 1.00 bits per heavy atom. The van der Waals surface area contributed by atoms with Gasteiger partial charge in [-0.1, -0.05) is 24.3 Å². The number of rotatable bonds is 5. The maximum absolute atomic E-state index is 11.9. The Morgan fingerprint density at radius 3 is 2.35 bits per heavy atom. The van der Waals surface area contributed by atoms with E-state index in [1.165, 1.54) is 11.3 Å². The van der Waals surface area contributed by atoms with Crippen LogP contribution in [0.4, 0.5) is 0 Å². The van der Waals surface area contributed by atoms with Crippen molar-refractivity contribution < 1.29 is 9.59 Å². The van der Waals surface area contributed by atoms with Crippen molar-refractivity contribution in [1.29, 1.82) is 0 Å². The zero-order valence-electron chi connectivity index (χ0n) is 11.2. The topological polar surface area (TPSA) is 58.2 Å². The van der Waals surface area contributed by atoms with Gasteiger partial charge in [0, 0.05) is 18.7 Å². The van der Waals surface area contributed by atoms with Crippen LogP contribution in [0.1, 0.15) is 25.6 Å². The van der Waals surface area contributed by atoms with Crippen molar-refractivity contribution in [2.75, 3.05) is 13.1 Å². The van der Waals surface area contributed by atoms with Gasteiger partial charge in [-0.25, -0.2) is 0 Å². The summed E-state index contributed by atoms with van der Waals surface area (Å²) in [6.45, 7) is 2.71. The van der Waals surface area contributed by atoms with Gasteiger partial charge in [-0.05, 0) is 30.0 Å². The monoisotopic (exact) mass is 288 g/mol. The quantitative estimate of drug-likeness (QED) is 0.829. The van der Waals surface area contributed by atoms with Crippen molar-refractivity contribution in [1.82, 2.24) is 10.6 Å². The van der Waals surface area contributed by atoms with E-state index in [1.807, 2.05) is 36.6 Å². The minimum absolute atomic E-state index is 0.106. The molecule has 0 aliphatic heterocycles. The number of amides is 2. The lowest BCUT2D eigenvalue weighted by Crippen LogP contribution is -2.34. The van der Waals surface area contributed by atoms with Gasteiger partial charge in [-0.3, -0.25) is 9.59 Å². The zero-order chi connectivity index (χ0) is 14.4. The van der Waals surface area contributed by atoms with Crippen LogP contribution in [-0.4, -0.2) is 24.9 Å². The summed E-state index contributed by atoms with van der Waals surface area (Å²) in [6.07, 6.45) is 0. The lowest BCUT2D eigenvalue weighted by molar-refractivity contribution is 0.0929. The molecule has 104 valence electrons. The van der Waals surface area contributed by atoms with Gasteiger partial charge in [-0.2, -0.15) is 0 Å². The molecule has 2 rings (SSSR count). The number of nitrogens with one attached hydrogen (secondary N) is 2. The molecule has 2 N–H and O–H groups in total. The highest BCUT2D eigenvalue weighted by Crippen LogP contribution is 2.07. The molecule has 0 atom stereocenters. The van der Waals surface area contributed by atoms with Gasteiger partial charge in [0.25, 0.3) is 11.8 Å². The molecule has 20 heavy (non-hydrogen) atoms. The molecule has 2 aromatic rings. The molecule has 1 aromatic carbocycles. The van der Waals surface area contributed by atoms with Gasteiger partial charge < -0.3 is 10.6 Å². The highest BCUT2D eigenvalue weighted by atomic mass is 32.1. The maximum Gasteiger partial charge on any atom is 0.261 e. The Labute approximate surface area is 121 Å². The molecule has 1 heterocycles. The lowest BCUT2D eigenvalue weighted by atomic mass is 10.1. The number of carbonyl (C=O) groups excluding carboxylic acids is 2. The third-order valence-corrected chi connectivity index (χ3v) is 3.70. The molecule has 0 unspecified atom stereocenters. The molecule has 0 fully saturated rings. The number of hydrogen-bond acceptors (Lipinski definition) is 3. The molecule has 5 heteroatoms. The maximum atomic E-state index is 11.9. The fourth-order valence-electron chi connectivity index (χ4n) is 1.77. The summed E-state index contributed by atoms with van der Waals surface area (Å²) in [5.41, 5.74) is 1.60. The Balaban J connectivity index is 1.75. The van der Waals surface area contributed by atoms with Crippen molar-refractivity contribution in [3.05, 3.63) is 57.8 Å². The number of hydrogen-bond donors (Lipinski definition) is 2. The van der Waals surface area contributed by atoms with Crippen molar-refractivity contribution in [3.8, 4) is 0 Å². The van der Waals surface area contributed by atoms with E-state index in [2.05, 4.69) is 10.6 Å². The van der Waals surface area contributed by atoms with Gasteiger partial charge in [-0.15, -0.1) is 11.3 Å². The van der Waals surface area contributed by atoms with Crippen LogP contribution >= 0.6 is 11.3 Å². The Kier molecular flexibility index (Phi) is 4.90. The van der Waals surface area contributed by atoms with Crippen molar-refractivity contribution in [2.24, 2.45) is 0 Å². The molecule has 0 bridgehead atoms. The molecular formula is C15H16N2O2S. The summed E-state index contributed by atoms with van der Waals surface area (Å²) in [5.74, 6) is -0.224. The van der Waals surface area contributed by atoms with E-state index in [0.29, 0.717) is 23.5 Å². The van der Waals surface area contributed by atoms with Crippen LogP contribution in [0.3, 0.4) is 0 Å². The Morgan fingerprint density at radius 2 is 1.70 bits per heavy atom. The highest BCUT2D eigenvalue weighted by Gasteiger charge is 2.08. The number of aryl methyl sites for hydroxylation is 1. The standard InChI is InChI=1S/C15H16N2O2S/c1-11-5-2-3-6-12(11)14(18)16-8-9-17-15(19)13-7-4-10-20-13/h2-7,10H,8-9H2,1H3,(H,16,18)(H,17,19). The van der Waals surface area contributed by atoms with Crippen molar-refractivity contribution in [3.63, 3.8) is 0 Å². The second-order valence-corrected chi connectivity index (χ2v) is 5.25. The zero-order valence-corrected chi connectivity index (χ0v) is 12.0. The molecule has 1 aromatic heterocycles. The number of carbonyl (C=O) groups is 2. The lowest BCUT2D eigenvalue weighted by Gasteiger charge is -2.08. The highest BCUT2D eigenvalue weighted by molar-refractivity contribution is 7.12. The van der Waals surface area contributed by atoms with Crippen LogP contribution in [-0.2, 0) is 0 Å². The fraction of sp³-hybridized carbons (Fsp3) is 0.200. The van der Waals surface area contributed by atoms with Crippen LogP contribution in [0.2, 0.25) is 0 Å². The van der Waals surface area contributed by atoms with Crippen molar-refractivity contribution in [2.45, 2.75) is 6.92 Å². The van der Waals surface area contributed by atoms with Crippen LogP contribution < -0.4 is 10.6 Å². The summed E-state index contributed by atoms with van der Waals surface area (Å²) in [5, 5.41) is 7.41. The molecule has 0 saturated carbocycles. The molecule has 0 aliphatic carbocycles. The Bertz CT molecular complexity index is 594. The molecule has 0 aliphatic rings. The second kappa shape index (κ2) is 6.86. The van der Waals surface area contributed by atoms with E-state index in [4.69, 9.17) is 0 Å². The smallest absolute Gasteiger partial charge is 0.261 e. The molecule has 4 nitrogen and oxygen atoms in total. The minimum Gasteiger partial charge on any atom is -0.350 e. The summed E-state index contributed by atoms with van der Waals surface area (Å²) in [4.78, 5) is 24.3. The summed E-state index contributed by atoms with van der Waals surface area (Å²) < 4.78 is 0.